The Bertz CT molecular complexity index is 349. The van der Waals surface area contributed by atoms with Crippen LogP contribution in [0.4, 0.5) is 0 Å². The standard InChI is InChI=1S/C15H27N3O2/c16-15(5-2-1-3-6-15)14(19)18-7-4-13(12-18)17-8-10-20-11-9-17/h13H,1-12,16H2. The average molecular weight is 281 g/mol. The first-order valence-electron chi connectivity index (χ1n) is 8.09. The molecular formula is C15H27N3O2. The Hall–Kier alpha value is -0.650. The van der Waals surface area contributed by atoms with Crippen LogP contribution < -0.4 is 5.73 Å². The summed E-state index contributed by atoms with van der Waals surface area (Å²) < 4.78 is 5.40. The quantitative estimate of drug-likeness (QED) is 0.804. The number of hydrogen-bond acceptors (Lipinski definition) is 4. The number of carbonyl (C=O) groups excluding carboxylic acids is 1. The van der Waals surface area contributed by atoms with Gasteiger partial charge in [-0.1, -0.05) is 19.3 Å². The fourth-order valence-electron chi connectivity index (χ4n) is 3.88. The Morgan fingerprint density at radius 2 is 1.80 bits per heavy atom. The van der Waals surface area contributed by atoms with Crippen LogP contribution in [0.3, 0.4) is 0 Å². The number of ether oxygens (including phenoxy) is 1. The second-order valence-corrected chi connectivity index (χ2v) is 6.56. The van der Waals surface area contributed by atoms with E-state index in [1.165, 1.54) is 6.42 Å². The molecule has 2 N–H and O–H groups in total. The normalized spacial score (nSPS) is 31.4. The van der Waals surface area contributed by atoms with E-state index in [0.717, 1.165) is 71.5 Å². The lowest BCUT2D eigenvalue weighted by Crippen LogP contribution is -2.56. The maximum absolute atomic E-state index is 12.7. The second-order valence-electron chi connectivity index (χ2n) is 6.56. The molecule has 0 aromatic carbocycles. The van der Waals surface area contributed by atoms with Gasteiger partial charge in [-0.2, -0.15) is 0 Å². The van der Waals surface area contributed by atoms with Gasteiger partial charge in [0.2, 0.25) is 5.91 Å². The van der Waals surface area contributed by atoms with Crippen molar-refractivity contribution < 1.29 is 9.53 Å². The Morgan fingerprint density at radius 3 is 2.50 bits per heavy atom. The van der Waals surface area contributed by atoms with Crippen molar-refractivity contribution >= 4 is 5.91 Å². The van der Waals surface area contributed by atoms with Crippen molar-refractivity contribution in [1.29, 1.82) is 0 Å². The maximum atomic E-state index is 12.7. The smallest absolute Gasteiger partial charge is 0.242 e. The van der Waals surface area contributed by atoms with Crippen LogP contribution in [0.25, 0.3) is 0 Å². The van der Waals surface area contributed by atoms with E-state index >= 15 is 0 Å². The number of amides is 1. The minimum atomic E-state index is -0.571. The van der Waals surface area contributed by atoms with Gasteiger partial charge in [-0.25, -0.2) is 0 Å². The minimum absolute atomic E-state index is 0.202. The van der Waals surface area contributed by atoms with Gasteiger partial charge in [0.25, 0.3) is 0 Å². The molecule has 5 nitrogen and oxygen atoms in total. The Morgan fingerprint density at radius 1 is 1.10 bits per heavy atom. The van der Waals surface area contributed by atoms with Crippen molar-refractivity contribution in [2.75, 3.05) is 39.4 Å². The monoisotopic (exact) mass is 281 g/mol. The fraction of sp³-hybridized carbons (Fsp3) is 0.933. The summed E-state index contributed by atoms with van der Waals surface area (Å²) >= 11 is 0. The van der Waals surface area contributed by atoms with Gasteiger partial charge in [-0.05, 0) is 19.3 Å². The Balaban J connectivity index is 1.57. The average Bonchev–Trinajstić information content (AvgIpc) is 2.98. The molecule has 1 amide bonds. The topological polar surface area (TPSA) is 58.8 Å². The van der Waals surface area contributed by atoms with Gasteiger partial charge >= 0.3 is 0 Å². The zero-order chi connectivity index (χ0) is 14.0. The predicted molar refractivity (Wildman–Crippen MR) is 77.4 cm³/mol. The first kappa shape index (κ1) is 14.3. The molecule has 1 atom stereocenters. The van der Waals surface area contributed by atoms with Gasteiger partial charge < -0.3 is 15.4 Å². The highest BCUT2D eigenvalue weighted by Gasteiger charge is 2.41. The molecule has 0 spiro atoms. The number of nitrogens with two attached hydrogens (primary N) is 1. The number of carbonyl (C=O) groups is 1. The van der Waals surface area contributed by atoms with E-state index in [4.69, 9.17) is 10.5 Å². The third-order valence-corrected chi connectivity index (χ3v) is 5.18. The van der Waals surface area contributed by atoms with Gasteiger partial charge in [0, 0.05) is 32.2 Å². The van der Waals surface area contributed by atoms with Crippen LogP contribution in [-0.2, 0) is 9.53 Å². The van der Waals surface area contributed by atoms with E-state index in [-0.39, 0.29) is 5.91 Å². The lowest BCUT2D eigenvalue weighted by molar-refractivity contribution is -0.137. The van der Waals surface area contributed by atoms with Crippen LogP contribution in [0, 0.1) is 0 Å². The summed E-state index contributed by atoms with van der Waals surface area (Å²) in [6.07, 6.45) is 6.24. The molecule has 2 saturated heterocycles. The summed E-state index contributed by atoms with van der Waals surface area (Å²) in [6, 6.07) is 0.509. The minimum Gasteiger partial charge on any atom is -0.379 e. The molecule has 3 fully saturated rings. The van der Waals surface area contributed by atoms with E-state index < -0.39 is 5.54 Å². The molecule has 2 aliphatic heterocycles. The van der Waals surface area contributed by atoms with Crippen LogP contribution in [0.5, 0.6) is 0 Å². The molecular weight excluding hydrogens is 254 g/mol. The Kier molecular flexibility index (Phi) is 4.29. The molecule has 3 rings (SSSR count). The van der Waals surface area contributed by atoms with Crippen molar-refractivity contribution in [2.24, 2.45) is 5.73 Å². The summed E-state index contributed by atoms with van der Waals surface area (Å²) in [5.74, 6) is 0.202. The second kappa shape index (κ2) is 6.00. The van der Waals surface area contributed by atoms with Gasteiger partial charge in [0.05, 0.1) is 18.8 Å². The highest BCUT2D eigenvalue weighted by Crippen LogP contribution is 2.29. The number of likely N-dealkylation sites (tertiary alicyclic amines) is 1. The third kappa shape index (κ3) is 2.85. The lowest BCUT2D eigenvalue weighted by atomic mass is 9.81. The van der Waals surface area contributed by atoms with E-state index in [9.17, 15) is 4.79 Å². The van der Waals surface area contributed by atoms with E-state index in [1.54, 1.807) is 0 Å². The van der Waals surface area contributed by atoms with Crippen molar-refractivity contribution in [3.8, 4) is 0 Å². The molecule has 1 aliphatic carbocycles. The van der Waals surface area contributed by atoms with E-state index in [0.29, 0.717) is 6.04 Å². The molecule has 20 heavy (non-hydrogen) atoms. The first-order valence-corrected chi connectivity index (χ1v) is 8.09. The summed E-state index contributed by atoms with van der Waals surface area (Å²) in [6.45, 7) is 5.38. The van der Waals surface area contributed by atoms with Crippen molar-refractivity contribution in [3.63, 3.8) is 0 Å². The zero-order valence-corrected chi connectivity index (χ0v) is 12.4. The molecule has 0 aromatic rings. The van der Waals surface area contributed by atoms with Crippen LogP contribution >= 0.6 is 0 Å². The SMILES string of the molecule is NC1(C(=O)N2CCC(N3CCOCC3)C2)CCCCC1. The molecule has 114 valence electrons. The largest absolute Gasteiger partial charge is 0.379 e. The summed E-state index contributed by atoms with van der Waals surface area (Å²) in [4.78, 5) is 17.2. The number of morpholine rings is 1. The van der Waals surface area contributed by atoms with E-state index in [1.807, 2.05) is 4.90 Å². The number of nitrogens with zero attached hydrogens (tertiary/aromatic N) is 2. The molecule has 1 saturated carbocycles. The summed E-state index contributed by atoms with van der Waals surface area (Å²) in [5.41, 5.74) is 5.81. The van der Waals surface area contributed by atoms with Crippen molar-refractivity contribution in [1.82, 2.24) is 9.80 Å². The number of rotatable bonds is 2. The van der Waals surface area contributed by atoms with Crippen molar-refractivity contribution in [2.45, 2.75) is 50.1 Å². The number of hydrogen-bond donors (Lipinski definition) is 1. The molecule has 1 unspecified atom stereocenters. The third-order valence-electron chi connectivity index (χ3n) is 5.18. The van der Waals surface area contributed by atoms with Crippen LogP contribution in [0.15, 0.2) is 0 Å². The molecule has 5 heteroatoms. The summed E-state index contributed by atoms with van der Waals surface area (Å²) in [5, 5.41) is 0. The molecule has 0 bridgehead atoms. The van der Waals surface area contributed by atoms with Crippen molar-refractivity contribution in [3.05, 3.63) is 0 Å². The maximum Gasteiger partial charge on any atom is 0.242 e. The van der Waals surface area contributed by atoms with Gasteiger partial charge in [0.1, 0.15) is 0 Å². The molecule has 0 aromatic heterocycles. The van der Waals surface area contributed by atoms with Crippen LogP contribution in [0.2, 0.25) is 0 Å². The van der Waals surface area contributed by atoms with Gasteiger partial charge in [0.15, 0.2) is 0 Å². The lowest BCUT2D eigenvalue weighted by Gasteiger charge is -2.36. The van der Waals surface area contributed by atoms with Gasteiger partial charge in [-0.3, -0.25) is 9.69 Å². The molecule has 0 radical (unpaired) electrons. The van der Waals surface area contributed by atoms with Gasteiger partial charge in [-0.15, -0.1) is 0 Å². The highest BCUT2D eigenvalue weighted by atomic mass is 16.5. The fourth-order valence-corrected chi connectivity index (χ4v) is 3.88. The van der Waals surface area contributed by atoms with E-state index in [2.05, 4.69) is 4.90 Å². The predicted octanol–water partition coefficient (Wildman–Crippen LogP) is 0.581. The zero-order valence-electron chi connectivity index (χ0n) is 12.4. The van der Waals surface area contributed by atoms with Crippen LogP contribution in [0.1, 0.15) is 38.5 Å². The van der Waals surface area contributed by atoms with Crippen LogP contribution in [-0.4, -0.2) is 66.7 Å². The first-order chi connectivity index (χ1) is 9.69. The summed E-state index contributed by atoms with van der Waals surface area (Å²) in [7, 11) is 0. The molecule has 3 aliphatic rings. The Labute approximate surface area is 121 Å². The highest BCUT2D eigenvalue weighted by molar-refractivity contribution is 5.86. The molecule has 2 heterocycles.